The van der Waals surface area contributed by atoms with Gasteiger partial charge in [-0.25, -0.2) is 0 Å². The van der Waals surface area contributed by atoms with Gasteiger partial charge in [-0.05, 0) is 49.3 Å². The van der Waals surface area contributed by atoms with E-state index in [1.165, 1.54) is 5.69 Å². The Labute approximate surface area is 137 Å². The zero-order valence-corrected chi connectivity index (χ0v) is 13.5. The third-order valence-corrected chi connectivity index (χ3v) is 4.86. The third-order valence-electron chi connectivity index (χ3n) is 4.86. The van der Waals surface area contributed by atoms with Gasteiger partial charge in [0.2, 0.25) is 5.91 Å². The highest BCUT2D eigenvalue weighted by Gasteiger charge is 2.23. The van der Waals surface area contributed by atoms with Crippen LogP contribution in [-0.2, 0) is 16.1 Å². The molecule has 5 heteroatoms. The molecule has 1 aromatic rings. The number of carbonyl (C=O) groups excluding carboxylic acids is 1. The van der Waals surface area contributed by atoms with Gasteiger partial charge in [-0.1, -0.05) is 12.1 Å². The number of amides is 1. The fraction of sp³-hybridized carbons (Fsp3) is 0.611. The molecule has 0 bridgehead atoms. The first kappa shape index (κ1) is 16.3. The summed E-state index contributed by atoms with van der Waals surface area (Å²) in [6.45, 7) is 3.54. The number of anilines is 1. The molecule has 0 aromatic heterocycles. The van der Waals surface area contributed by atoms with Gasteiger partial charge in [0, 0.05) is 38.5 Å². The van der Waals surface area contributed by atoms with Gasteiger partial charge in [-0.3, -0.25) is 4.79 Å². The zero-order chi connectivity index (χ0) is 16.1. The summed E-state index contributed by atoms with van der Waals surface area (Å²) in [5.74, 6) is 0.455. The first-order chi connectivity index (χ1) is 11.3. The lowest BCUT2D eigenvalue weighted by molar-refractivity contribution is -0.130. The molecule has 2 heterocycles. The Morgan fingerprint density at radius 3 is 2.57 bits per heavy atom. The number of piperidine rings is 1. The van der Waals surface area contributed by atoms with Crippen LogP contribution < -0.4 is 10.2 Å². The SMILES string of the molecule is O=C(NCc1ccc(N2CCC(CO)CC2)cc1)C1CCCO1. The van der Waals surface area contributed by atoms with Crippen molar-refractivity contribution in [2.75, 3.05) is 31.2 Å². The van der Waals surface area contributed by atoms with Crippen LogP contribution in [-0.4, -0.2) is 43.4 Å². The molecule has 0 spiro atoms. The minimum absolute atomic E-state index is 0.00217. The summed E-state index contributed by atoms with van der Waals surface area (Å²) in [6.07, 6.45) is 3.64. The van der Waals surface area contributed by atoms with Crippen molar-refractivity contribution in [3.05, 3.63) is 29.8 Å². The minimum Gasteiger partial charge on any atom is -0.396 e. The second kappa shape index (κ2) is 7.79. The summed E-state index contributed by atoms with van der Waals surface area (Å²) < 4.78 is 5.38. The van der Waals surface area contributed by atoms with Crippen LogP contribution in [0.5, 0.6) is 0 Å². The maximum atomic E-state index is 11.9. The Morgan fingerprint density at radius 2 is 1.96 bits per heavy atom. The second-order valence-electron chi connectivity index (χ2n) is 6.50. The Kier molecular flexibility index (Phi) is 5.51. The molecule has 1 atom stereocenters. The van der Waals surface area contributed by atoms with E-state index in [0.29, 0.717) is 25.7 Å². The molecule has 0 radical (unpaired) electrons. The van der Waals surface area contributed by atoms with E-state index in [9.17, 15) is 9.90 Å². The fourth-order valence-electron chi connectivity index (χ4n) is 3.29. The molecule has 0 aliphatic carbocycles. The lowest BCUT2D eigenvalue weighted by atomic mass is 9.97. The predicted octanol–water partition coefficient (Wildman–Crippen LogP) is 1.69. The molecule has 23 heavy (non-hydrogen) atoms. The summed E-state index contributed by atoms with van der Waals surface area (Å²) in [6, 6.07) is 8.38. The highest BCUT2D eigenvalue weighted by molar-refractivity contribution is 5.80. The van der Waals surface area contributed by atoms with Gasteiger partial charge in [-0.2, -0.15) is 0 Å². The maximum Gasteiger partial charge on any atom is 0.249 e. The van der Waals surface area contributed by atoms with E-state index < -0.39 is 0 Å². The van der Waals surface area contributed by atoms with Crippen molar-refractivity contribution in [2.24, 2.45) is 5.92 Å². The molecule has 1 unspecified atom stereocenters. The number of hydrogen-bond donors (Lipinski definition) is 2. The van der Waals surface area contributed by atoms with Crippen molar-refractivity contribution < 1.29 is 14.6 Å². The van der Waals surface area contributed by atoms with Crippen LogP contribution in [0.2, 0.25) is 0 Å². The molecule has 126 valence electrons. The molecule has 3 rings (SSSR count). The minimum atomic E-state index is -0.262. The van der Waals surface area contributed by atoms with Crippen LogP contribution in [0.4, 0.5) is 5.69 Å². The Hall–Kier alpha value is -1.59. The van der Waals surface area contributed by atoms with E-state index in [4.69, 9.17) is 4.74 Å². The van der Waals surface area contributed by atoms with Crippen LogP contribution in [0.3, 0.4) is 0 Å². The fourth-order valence-corrected chi connectivity index (χ4v) is 3.29. The second-order valence-corrected chi connectivity index (χ2v) is 6.50. The summed E-state index contributed by atoms with van der Waals surface area (Å²) in [5, 5.41) is 12.2. The number of nitrogens with zero attached hydrogens (tertiary/aromatic N) is 1. The number of aliphatic hydroxyl groups is 1. The molecular formula is C18H26N2O3. The van der Waals surface area contributed by atoms with E-state index in [2.05, 4.69) is 34.5 Å². The molecule has 2 saturated heterocycles. The summed E-state index contributed by atoms with van der Waals surface area (Å²) in [7, 11) is 0. The van der Waals surface area contributed by atoms with Crippen molar-refractivity contribution in [3.8, 4) is 0 Å². The maximum absolute atomic E-state index is 11.9. The lowest BCUT2D eigenvalue weighted by Crippen LogP contribution is -2.35. The van der Waals surface area contributed by atoms with E-state index in [1.807, 2.05) is 0 Å². The molecular weight excluding hydrogens is 292 g/mol. The van der Waals surface area contributed by atoms with Crippen molar-refractivity contribution in [1.82, 2.24) is 5.32 Å². The predicted molar refractivity (Wildman–Crippen MR) is 89.3 cm³/mol. The Bertz CT molecular complexity index is 504. The molecule has 2 aliphatic rings. The number of aliphatic hydroxyl groups excluding tert-OH is 1. The molecule has 0 saturated carbocycles. The van der Waals surface area contributed by atoms with Crippen molar-refractivity contribution >= 4 is 11.6 Å². The average Bonchev–Trinajstić information content (AvgIpc) is 3.15. The highest BCUT2D eigenvalue weighted by Crippen LogP contribution is 2.23. The van der Waals surface area contributed by atoms with Crippen LogP contribution in [0, 0.1) is 5.92 Å². The Morgan fingerprint density at radius 1 is 1.22 bits per heavy atom. The number of hydrogen-bond acceptors (Lipinski definition) is 4. The van der Waals surface area contributed by atoms with Crippen LogP contribution in [0.1, 0.15) is 31.2 Å². The quantitative estimate of drug-likeness (QED) is 0.867. The number of rotatable bonds is 5. The molecule has 1 amide bonds. The van der Waals surface area contributed by atoms with E-state index in [-0.39, 0.29) is 12.0 Å². The van der Waals surface area contributed by atoms with Gasteiger partial charge in [0.05, 0.1) is 0 Å². The lowest BCUT2D eigenvalue weighted by Gasteiger charge is -2.33. The molecule has 2 N–H and O–H groups in total. The zero-order valence-electron chi connectivity index (χ0n) is 13.5. The number of ether oxygens (including phenoxy) is 1. The topological polar surface area (TPSA) is 61.8 Å². The van der Waals surface area contributed by atoms with Gasteiger partial charge < -0.3 is 20.1 Å². The number of nitrogens with one attached hydrogen (secondary N) is 1. The summed E-state index contributed by atoms with van der Waals surface area (Å²) >= 11 is 0. The summed E-state index contributed by atoms with van der Waals surface area (Å²) in [5.41, 5.74) is 2.32. The first-order valence-corrected chi connectivity index (χ1v) is 8.60. The van der Waals surface area contributed by atoms with Gasteiger partial charge in [0.25, 0.3) is 0 Å². The highest BCUT2D eigenvalue weighted by atomic mass is 16.5. The largest absolute Gasteiger partial charge is 0.396 e. The van der Waals surface area contributed by atoms with Gasteiger partial charge >= 0.3 is 0 Å². The average molecular weight is 318 g/mol. The molecule has 2 fully saturated rings. The van der Waals surface area contributed by atoms with Crippen molar-refractivity contribution in [3.63, 3.8) is 0 Å². The summed E-state index contributed by atoms with van der Waals surface area (Å²) in [4.78, 5) is 14.3. The van der Waals surface area contributed by atoms with Crippen LogP contribution in [0.15, 0.2) is 24.3 Å². The van der Waals surface area contributed by atoms with E-state index in [0.717, 1.165) is 44.3 Å². The number of carbonyl (C=O) groups is 1. The smallest absolute Gasteiger partial charge is 0.249 e. The van der Waals surface area contributed by atoms with Gasteiger partial charge in [0.15, 0.2) is 0 Å². The Balaban J connectivity index is 1.48. The van der Waals surface area contributed by atoms with Crippen molar-refractivity contribution in [2.45, 2.75) is 38.3 Å². The van der Waals surface area contributed by atoms with Crippen molar-refractivity contribution in [1.29, 1.82) is 0 Å². The normalized spacial score (nSPS) is 22.3. The molecule has 2 aliphatic heterocycles. The van der Waals surface area contributed by atoms with E-state index in [1.54, 1.807) is 0 Å². The number of benzene rings is 1. The van der Waals surface area contributed by atoms with Gasteiger partial charge in [0.1, 0.15) is 6.10 Å². The monoisotopic (exact) mass is 318 g/mol. The first-order valence-electron chi connectivity index (χ1n) is 8.60. The van der Waals surface area contributed by atoms with Crippen LogP contribution in [0.25, 0.3) is 0 Å². The standard InChI is InChI=1S/C18H26N2O3/c21-13-15-7-9-20(10-8-15)16-5-3-14(4-6-16)12-19-18(22)17-2-1-11-23-17/h3-6,15,17,21H,1-2,7-13H2,(H,19,22). The van der Waals surface area contributed by atoms with E-state index >= 15 is 0 Å². The van der Waals surface area contributed by atoms with Crippen LogP contribution >= 0.6 is 0 Å². The third kappa shape index (κ3) is 4.24. The molecule has 5 nitrogen and oxygen atoms in total. The van der Waals surface area contributed by atoms with Gasteiger partial charge in [-0.15, -0.1) is 0 Å². The molecule has 1 aromatic carbocycles.